The number of aromatic nitrogens is 2. The van der Waals surface area contributed by atoms with Crippen molar-refractivity contribution in [2.45, 2.75) is 24.8 Å². The van der Waals surface area contributed by atoms with Gasteiger partial charge in [0.2, 0.25) is 5.91 Å². The molecular formula is C21H27N5O2S. The van der Waals surface area contributed by atoms with Crippen LogP contribution in [0.15, 0.2) is 35.5 Å². The number of nitrogens with zero attached hydrogens (tertiary/aromatic N) is 5. The van der Waals surface area contributed by atoms with Gasteiger partial charge in [0.05, 0.1) is 0 Å². The van der Waals surface area contributed by atoms with Crippen molar-refractivity contribution in [2.24, 2.45) is 0 Å². The third kappa shape index (κ3) is 5.47. The number of thioether (sulfide) groups is 1. The Hall–Kier alpha value is -2.61. The maximum Gasteiger partial charge on any atom is 0.253 e. The molecule has 7 nitrogen and oxygen atoms in total. The van der Waals surface area contributed by atoms with Gasteiger partial charge in [0, 0.05) is 70.3 Å². The van der Waals surface area contributed by atoms with Gasteiger partial charge in [-0.3, -0.25) is 9.59 Å². The molecule has 1 aliphatic heterocycles. The second-order valence-electron chi connectivity index (χ2n) is 7.33. The molecule has 0 unspecified atom stereocenters. The molecule has 154 valence electrons. The average Bonchev–Trinajstić information content (AvgIpc) is 2.71. The number of amides is 2. The van der Waals surface area contributed by atoms with E-state index in [4.69, 9.17) is 0 Å². The van der Waals surface area contributed by atoms with Gasteiger partial charge in [-0.25, -0.2) is 9.97 Å². The van der Waals surface area contributed by atoms with E-state index in [1.165, 1.54) is 0 Å². The first-order valence-corrected chi connectivity index (χ1v) is 10.6. The number of anilines is 1. The Morgan fingerprint density at radius 3 is 2.41 bits per heavy atom. The van der Waals surface area contributed by atoms with Crippen molar-refractivity contribution in [3.63, 3.8) is 0 Å². The quantitative estimate of drug-likeness (QED) is 0.554. The Morgan fingerprint density at radius 2 is 1.76 bits per heavy atom. The lowest BCUT2D eigenvalue weighted by molar-refractivity contribution is -0.130. The second kappa shape index (κ2) is 9.26. The molecule has 0 spiro atoms. The van der Waals surface area contributed by atoms with Crippen LogP contribution in [0, 0.1) is 6.92 Å². The average molecular weight is 414 g/mol. The largest absolute Gasteiger partial charge is 0.363 e. The molecule has 2 heterocycles. The fourth-order valence-electron chi connectivity index (χ4n) is 3.17. The summed E-state index contributed by atoms with van der Waals surface area (Å²) in [6, 6.07) is 9.67. The van der Waals surface area contributed by atoms with E-state index in [2.05, 4.69) is 9.97 Å². The van der Waals surface area contributed by atoms with Crippen LogP contribution in [0.2, 0.25) is 0 Å². The molecule has 2 aromatic rings. The Kier molecular flexibility index (Phi) is 6.74. The molecular weight excluding hydrogens is 386 g/mol. The lowest BCUT2D eigenvalue weighted by Gasteiger charge is -2.34. The molecule has 0 aliphatic carbocycles. The molecule has 29 heavy (non-hydrogen) atoms. The zero-order chi connectivity index (χ0) is 21.0. The highest BCUT2D eigenvalue weighted by atomic mass is 32.2. The molecule has 0 saturated carbocycles. The van der Waals surface area contributed by atoms with E-state index in [-0.39, 0.29) is 11.8 Å². The van der Waals surface area contributed by atoms with Crippen molar-refractivity contribution in [1.82, 2.24) is 19.8 Å². The Morgan fingerprint density at radius 1 is 1.07 bits per heavy atom. The third-order valence-electron chi connectivity index (χ3n) is 4.83. The Bertz CT molecular complexity index is 894. The van der Waals surface area contributed by atoms with Crippen molar-refractivity contribution < 1.29 is 9.59 Å². The first-order valence-electron chi connectivity index (χ1n) is 9.63. The monoisotopic (exact) mass is 413 g/mol. The summed E-state index contributed by atoms with van der Waals surface area (Å²) in [7, 11) is 3.92. The predicted molar refractivity (Wildman–Crippen MR) is 115 cm³/mol. The van der Waals surface area contributed by atoms with Crippen molar-refractivity contribution in [2.75, 3.05) is 45.2 Å². The van der Waals surface area contributed by atoms with Crippen LogP contribution in [0.1, 0.15) is 28.5 Å². The van der Waals surface area contributed by atoms with Crippen LogP contribution in [-0.2, 0) is 10.5 Å². The number of piperazine rings is 1. The molecule has 0 atom stereocenters. The number of benzene rings is 1. The molecule has 1 fully saturated rings. The molecule has 1 aliphatic rings. The molecule has 1 saturated heterocycles. The number of aryl methyl sites for hydroxylation is 1. The van der Waals surface area contributed by atoms with Gasteiger partial charge in [-0.15, -0.1) is 0 Å². The van der Waals surface area contributed by atoms with Gasteiger partial charge in [0.15, 0.2) is 5.16 Å². The van der Waals surface area contributed by atoms with Crippen LogP contribution in [-0.4, -0.2) is 71.9 Å². The highest BCUT2D eigenvalue weighted by Crippen LogP contribution is 2.23. The first-order chi connectivity index (χ1) is 13.8. The number of carbonyl (C=O) groups excluding carboxylic acids is 2. The first kappa shape index (κ1) is 21.1. The normalized spacial score (nSPS) is 14.1. The molecule has 0 bridgehead atoms. The van der Waals surface area contributed by atoms with E-state index >= 15 is 0 Å². The van der Waals surface area contributed by atoms with Crippen LogP contribution in [0.3, 0.4) is 0 Å². The van der Waals surface area contributed by atoms with Crippen molar-refractivity contribution in [3.8, 4) is 0 Å². The van der Waals surface area contributed by atoms with E-state index < -0.39 is 0 Å². The number of rotatable bonds is 5. The van der Waals surface area contributed by atoms with Crippen molar-refractivity contribution >= 4 is 29.4 Å². The van der Waals surface area contributed by atoms with E-state index in [0.29, 0.717) is 37.5 Å². The SMILES string of the molecule is CC(=O)N1CCN(C(=O)c2cccc(CSc3nc(C)cc(N(C)C)n3)c2)CC1. The standard InChI is InChI=1S/C21H27N5O2S/c1-15-12-19(24(3)4)23-21(22-15)29-14-17-6-5-7-18(13-17)20(28)26-10-8-25(9-11-26)16(2)27/h5-7,12-13H,8-11,14H2,1-4H3. The topological polar surface area (TPSA) is 69.6 Å². The van der Waals surface area contributed by atoms with Gasteiger partial charge >= 0.3 is 0 Å². The van der Waals surface area contributed by atoms with Crippen molar-refractivity contribution in [3.05, 3.63) is 47.2 Å². The Balaban J connectivity index is 1.64. The number of carbonyl (C=O) groups is 2. The van der Waals surface area contributed by atoms with E-state index in [0.717, 1.165) is 22.2 Å². The van der Waals surface area contributed by atoms with E-state index in [9.17, 15) is 9.59 Å². The molecule has 1 aromatic heterocycles. The Labute approximate surface area is 176 Å². The van der Waals surface area contributed by atoms with Crippen LogP contribution in [0.5, 0.6) is 0 Å². The minimum atomic E-state index is 0.0155. The highest BCUT2D eigenvalue weighted by molar-refractivity contribution is 7.98. The number of hydrogen-bond donors (Lipinski definition) is 0. The van der Waals surface area contributed by atoms with Gasteiger partial charge in [-0.2, -0.15) is 0 Å². The summed E-state index contributed by atoms with van der Waals surface area (Å²) < 4.78 is 0. The van der Waals surface area contributed by atoms with Crippen LogP contribution < -0.4 is 4.90 Å². The minimum absolute atomic E-state index is 0.0155. The lowest BCUT2D eigenvalue weighted by Crippen LogP contribution is -2.50. The molecule has 2 amide bonds. The summed E-state index contributed by atoms with van der Waals surface area (Å²) in [5.41, 5.74) is 2.66. The maximum absolute atomic E-state index is 12.9. The molecule has 8 heteroatoms. The van der Waals surface area contributed by atoms with Crippen LogP contribution in [0.4, 0.5) is 5.82 Å². The lowest BCUT2D eigenvalue weighted by atomic mass is 10.1. The summed E-state index contributed by atoms with van der Waals surface area (Å²) >= 11 is 1.56. The highest BCUT2D eigenvalue weighted by Gasteiger charge is 2.23. The summed E-state index contributed by atoms with van der Waals surface area (Å²) in [6.45, 7) is 5.86. The summed E-state index contributed by atoms with van der Waals surface area (Å²) in [4.78, 5) is 38.9. The zero-order valence-corrected chi connectivity index (χ0v) is 18.2. The van der Waals surface area contributed by atoms with Crippen LogP contribution >= 0.6 is 11.8 Å². The molecule has 3 rings (SSSR count). The third-order valence-corrected chi connectivity index (χ3v) is 5.75. The fraction of sp³-hybridized carbons (Fsp3) is 0.429. The van der Waals surface area contributed by atoms with Gasteiger partial charge < -0.3 is 14.7 Å². The minimum Gasteiger partial charge on any atom is -0.363 e. The van der Waals surface area contributed by atoms with Crippen LogP contribution in [0.25, 0.3) is 0 Å². The van der Waals surface area contributed by atoms with Gasteiger partial charge in [0.1, 0.15) is 5.82 Å². The second-order valence-corrected chi connectivity index (χ2v) is 8.27. The molecule has 1 aromatic carbocycles. The molecule has 0 N–H and O–H groups in total. The van der Waals surface area contributed by atoms with Crippen molar-refractivity contribution in [1.29, 1.82) is 0 Å². The summed E-state index contributed by atoms with van der Waals surface area (Å²) in [5, 5.41) is 0.728. The zero-order valence-electron chi connectivity index (χ0n) is 17.4. The number of hydrogen-bond acceptors (Lipinski definition) is 6. The fourth-order valence-corrected chi connectivity index (χ4v) is 4.01. The van der Waals surface area contributed by atoms with E-state index in [1.807, 2.05) is 61.2 Å². The van der Waals surface area contributed by atoms with E-state index in [1.54, 1.807) is 23.6 Å². The van der Waals surface area contributed by atoms with Gasteiger partial charge in [-0.1, -0.05) is 23.9 Å². The van der Waals surface area contributed by atoms with Gasteiger partial charge in [-0.05, 0) is 24.6 Å². The summed E-state index contributed by atoms with van der Waals surface area (Å²) in [5.74, 6) is 1.65. The van der Waals surface area contributed by atoms with Gasteiger partial charge in [0.25, 0.3) is 5.91 Å². The predicted octanol–water partition coefficient (Wildman–Crippen LogP) is 2.45. The maximum atomic E-state index is 12.9. The smallest absolute Gasteiger partial charge is 0.253 e. The summed E-state index contributed by atoms with van der Waals surface area (Å²) in [6.07, 6.45) is 0. The molecule has 0 radical (unpaired) electrons.